The van der Waals surface area contributed by atoms with E-state index in [1.807, 2.05) is 0 Å². The predicted octanol–water partition coefficient (Wildman–Crippen LogP) is 2.32. The number of H-pyrrole nitrogens is 1. The standard InChI is InChI=1S/C15H14F2N2O2/c1-2-19(9-10-3-4-12(16)13(17)7-10)15(21)11-8-18-6-5-14(11)20/h3-8H,2,9H2,1H3,(H,18,20). The smallest absolute Gasteiger partial charge is 0.259 e. The van der Waals surface area contributed by atoms with E-state index in [1.165, 1.54) is 29.4 Å². The van der Waals surface area contributed by atoms with Gasteiger partial charge in [-0.05, 0) is 24.6 Å². The molecule has 0 unspecified atom stereocenters. The van der Waals surface area contributed by atoms with Gasteiger partial charge in [0.15, 0.2) is 17.1 Å². The van der Waals surface area contributed by atoms with Crippen LogP contribution in [0.2, 0.25) is 0 Å². The number of hydrogen-bond donors (Lipinski definition) is 1. The van der Waals surface area contributed by atoms with Crippen LogP contribution in [0, 0.1) is 11.6 Å². The van der Waals surface area contributed by atoms with Gasteiger partial charge in [-0.1, -0.05) is 6.07 Å². The number of pyridine rings is 1. The molecule has 110 valence electrons. The maximum Gasteiger partial charge on any atom is 0.259 e. The summed E-state index contributed by atoms with van der Waals surface area (Å²) in [5, 5.41) is 0. The van der Waals surface area contributed by atoms with Crippen LogP contribution in [-0.4, -0.2) is 22.3 Å². The summed E-state index contributed by atoms with van der Waals surface area (Å²) in [5.41, 5.74) is 0.0841. The van der Waals surface area contributed by atoms with Crippen LogP contribution in [0.3, 0.4) is 0 Å². The molecule has 0 saturated heterocycles. The van der Waals surface area contributed by atoms with E-state index in [2.05, 4.69) is 4.98 Å². The second-order valence-electron chi connectivity index (χ2n) is 4.49. The van der Waals surface area contributed by atoms with Gasteiger partial charge < -0.3 is 9.88 Å². The number of aromatic nitrogens is 1. The fraction of sp³-hybridized carbons (Fsp3) is 0.200. The van der Waals surface area contributed by atoms with Crippen molar-refractivity contribution in [2.45, 2.75) is 13.5 Å². The zero-order chi connectivity index (χ0) is 15.4. The van der Waals surface area contributed by atoms with E-state index in [0.717, 1.165) is 12.1 Å². The number of rotatable bonds is 4. The number of carbonyl (C=O) groups excluding carboxylic acids is 1. The van der Waals surface area contributed by atoms with Crippen molar-refractivity contribution in [3.8, 4) is 0 Å². The third-order valence-electron chi connectivity index (χ3n) is 3.08. The SMILES string of the molecule is CCN(Cc1ccc(F)c(F)c1)C(=O)c1c[nH]ccc1=O. The van der Waals surface area contributed by atoms with Crippen LogP contribution in [0.4, 0.5) is 8.78 Å². The maximum atomic E-state index is 13.2. The molecule has 0 spiro atoms. The Bertz CT molecular complexity index is 713. The van der Waals surface area contributed by atoms with Gasteiger partial charge in [0.25, 0.3) is 5.91 Å². The third-order valence-corrected chi connectivity index (χ3v) is 3.08. The Balaban J connectivity index is 2.24. The first-order valence-corrected chi connectivity index (χ1v) is 6.43. The fourth-order valence-electron chi connectivity index (χ4n) is 1.94. The maximum absolute atomic E-state index is 13.2. The lowest BCUT2D eigenvalue weighted by atomic mass is 10.1. The molecule has 0 aliphatic rings. The Morgan fingerprint density at radius 1 is 1.24 bits per heavy atom. The second-order valence-corrected chi connectivity index (χ2v) is 4.49. The molecule has 2 aromatic rings. The van der Waals surface area contributed by atoms with Gasteiger partial charge in [0.05, 0.1) is 0 Å². The molecule has 0 aliphatic carbocycles. The largest absolute Gasteiger partial charge is 0.367 e. The van der Waals surface area contributed by atoms with E-state index in [0.29, 0.717) is 12.1 Å². The summed E-state index contributed by atoms with van der Waals surface area (Å²) in [5.74, 6) is -2.36. The number of nitrogens with one attached hydrogen (secondary N) is 1. The number of carbonyl (C=O) groups is 1. The zero-order valence-corrected chi connectivity index (χ0v) is 11.4. The minimum atomic E-state index is -0.964. The van der Waals surface area contributed by atoms with E-state index in [9.17, 15) is 18.4 Å². The Hall–Kier alpha value is -2.50. The highest BCUT2D eigenvalue weighted by atomic mass is 19.2. The molecule has 1 heterocycles. The molecule has 21 heavy (non-hydrogen) atoms. The lowest BCUT2D eigenvalue weighted by molar-refractivity contribution is 0.0750. The van der Waals surface area contributed by atoms with Gasteiger partial charge in [-0.3, -0.25) is 9.59 Å². The summed E-state index contributed by atoms with van der Waals surface area (Å²) in [6, 6.07) is 4.72. The van der Waals surface area contributed by atoms with E-state index >= 15 is 0 Å². The molecule has 6 heteroatoms. The molecule has 2 rings (SSSR count). The number of nitrogens with zero attached hydrogens (tertiary/aromatic N) is 1. The van der Waals surface area contributed by atoms with Crippen LogP contribution < -0.4 is 5.43 Å². The minimum Gasteiger partial charge on any atom is -0.367 e. The number of aromatic amines is 1. The molecule has 0 fully saturated rings. The van der Waals surface area contributed by atoms with Gasteiger partial charge in [-0.15, -0.1) is 0 Å². The Labute approximate surface area is 120 Å². The number of hydrogen-bond acceptors (Lipinski definition) is 2. The van der Waals surface area contributed by atoms with Gasteiger partial charge >= 0.3 is 0 Å². The van der Waals surface area contributed by atoms with Crippen molar-refractivity contribution in [1.29, 1.82) is 0 Å². The molecule has 1 aromatic carbocycles. The lowest BCUT2D eigenvalue weighted by Gasteiger charge is -2.20. The van der Waals surface area contributed by atoms with Gasteiger partial charge in [0.1, 0.15) is 5.56 Å². The molecule has 1 aromatic heterocycles. The van der Waals surface area contributed by atoms with Crippen LogP contribution >= 0.6 is 0 Å². The zero-order valence-electron chi connectivity index (χ0n) is 11.4. The molecule has 0 bridgehead atoms. The molecule has 0 atom stereocenters. The van der Waals surface area contributed by atoms with Crippen LogP contribution in [0.25, 0.3) is 0 Å². The van der Waals surface area contributed by atoms with Crippen molar-refractivity contribution < 1.29 is 13.6 Å². The van der Waals surface area contributed by atoms with Gasteiger partial charge in [-0.25, -0.2) is 8.78 Å². The lowest BCUT2D eigenvalue weighted by Crippen LogP contribution is -2.33. The van der Waals surface area contributed by atoms with Crippen molar-refractivity contribution in [3.63, 3.8) is 0 Å². The number of benzene rings is 1. The summed E-state index contributed by atoms with van der Waals surface area (Å²) in [7, 11) is 0. The summed E-state index contributed by atoms with van der Waals surface area (Å²) in [4.78, 5) is 28.0. The highest BCUT2D eigenvalue weighted by Crippen LogP contribution is 2.12. The topological polar surface area (TPSA) is 53.2 Å². The van der Waals surface area contributed by atoms with E-state index in [-0.39, 0.29) is 17.5 Å². The van der Waals surface area contributed by atoms with E-state index < -0.39 is 17.5 Å². The molecular weight excluding hydrogens is 278 g/mol. The number of halogens is 2. The molecule has 1 amide bonds. The summed E-state index contributed by atoms with van der Waals surface area (Å²) >= 11 is 0. The Morgan fingerprint density at radius 3 is 2.62 bits per heavy atom. The van der Waals surface area contributed by atoms with Crippen molar-refractivity contribution in [2.75, 3.05) is 6.54 Å². The van der Waals surface area contributed by atoms with Crippen molar-refractivity contribution in [2.24, 2.45) is 0 Å². The molecule has 0 saturated carbocycles. The van der Waals surface area contributed by atoms with Crippen molar-refractivity contribution >= 4 is 5.91 Å². The third kappa shape index (κ3) is 3.34. The monoisotopic (exact) mass is 292 g/mol. The highest BCUT2D eigenvalue weighted by Gasteiger charge is 2.17. The molecule has 0 radical (unpaired) electrons. The van der Waals surface area contributed by atoms with Crippen molar-refractivity contribution in [1.82, 2.24) is 9.88 Å². The second kappa shape index (κ2) is 6.30. The molecule has 0 aliphatic heterocycles. The van der Waals surface area contributed by atoms with E-state index in [4.69, 9.17) is 0 Å². The predicted molar refractivity (Wildman–Crippen MR) is 73.8 cm³/mol. The van der Waals surface area contributed by atoms with Crippen LogP contribution in [-0.2, 0) is 6.54 Å². The summed E-state index contributed by atoms with van der Waals surface area (Å²) in [6.45, 7) is 2.18. The van der Waals surface area contributed by atoms with Crippen LogP contribution in [0.5, 0.6) is 0 Å². The first kappa shape index (κ1) is 14.9. The Morgan fingerprint density at radius 2 is 2.00 bits per heavy atom. The summed E-state index contributed by atoms with van der Waals surface area (Å²) < 4.78 is 26.1. The number of amides is 1. The summed E-state index contributed by atoms with van der Waals surface area (Å²) in [6.07, 6.45) is 2.77. The first-order chi connectivity index (χ1) is 10.0. The van der Waals surface area contributed by atoms with Crippen molar-refractivity contribution in [3.05, 3.63) is 69.6 Å². The molecule has 1 N–H and O–H groups in total. The van der Waals surface area contributed by atoms with E-state index in [1.54, 1.807) is 6.92 Å². The van der Waals surface area contributed by atoms with Crippen LogP contribution in [0.15, 0.2) is 41.5 Å². The highest BCUT2D eigenvalue weighted by molar-refractivity contribution is 5.93. The van der Waals surface area contributed by atoms with Gasteiger partial charge in [-0.2, -0.15) is 0 Å². The average Bonchev–Trinajstić information content (AvgIpc) is 2.48. The molecular formula is C15H14F2N2O2. The van der Waals surface area contributed by atoms with Crippen LogP contribution in [0.1, 0.15) is 22.8 Å². The quantitative estimate of drug-likeness (QED) is 0.940. The Kier molecular flexibility index (Phi) is 4.47. The first-order valence-electron chi connectivity index (χ1n) is 6.43. The molecule has 4 nitrogen and oxygen atoms in total. The normalized spacial score (nSPS) is 10.4. The average molecular weight is 292 g/mol. The minimum absolute atomic E-state index is 0.0157. The van der Waals surface area contributed by atoms with Gasteiger partial charge in [0.2, 0.25) is 0 Å². The van der Waals surface area contributed by atoms with Gasteiger partial charge in [0, 0.05) is 31.5 Å². The fourth-order valence-corrected chi connectivity index (χ4v) is 1.94.